The molecular formula is C23H24N6O4. The van der Waals surface area contributed by atoms with Gasteiger partial charge in [0.15, 0.2) is 22.7 Å². The Morgan fingerprint density at radius 2 is 1.79 bits per heavy atom. The molecule has 0 fully saturated rings. The normalized spacial score (nSPS) is 11.5. The van der Waals surface area contributed by atoms with E-state index in [0.29, 0.717) is 18.9 Å². The lowest BCUT2D eigenvalue weighted by Crippen LogP contribution is -2.37. The van der Waals surface area contributed by atoms with E-state index in [0.717, 1.165) is 15.7 Å². The molecule has 0 saturated carbocycles. The third-order valence-electron chi connectivity index (χ3n) is 5.25. The van der Waals surface area contributed by atoms with Gasteiger partial charge in [-0.3, -0.25) is 18.5 Å². The Kier molecular flexibility index (Phi) is 6.07. The molecule has 10 heteroatoms. The summed E-state index contributed by atoms with van der Waals surface area (Å²) in [6.07, 6.45) is 0. The highest BCUT2D eigenvalue weighted by Crippen LogP contribution is 2.27. The fourth-order valence-corrected chi connectivity index (χ4v) is 3.54. The Hall–Kier alpha value is -4.21. The van der Waals surface area contributed by atoms with Gasteiger partial charge in [0.1, 0.15) is 0 Å². The molecule has 1 N–H and O–H groups in total. The molecule has 0 aliphatic heterocycles. The van der Waals surface area contributed by atoms with Crippen molar-refractivity contribution in [2.24, 2.45) is 24.3 Å². The zero-order valence-electron chi connectivity index (χ0n) is 18.6. The summed E-state index contributed by atoms with van der Waals surface area (Å²) in [5.41, 5.74) is 1.35. The average Bonchev–Trinajstić information content (AvgIpc) is 3.17. The van der Waals surface area contributed by atoms with Gasteiger partial charge < -0.3 is 9.84 Å². The lowest BCUT2D eigenvalue weighted by atomic mass is 10.2. The summed E-state index contributed by atoms with van der Waals surface area (Å²) in [6.45, 7) is 2.81. The van der Waals surface area contributed by atoms with E-state index in [-0.39, 0.29) is 29.4 Å². The number of hydrogen-bond acceptors (Lipinski definition) is 7. The highest BCUT2D eigenvalue weighted by molar-refractivity contribution is 5.73. The van der Waals surface area contributed by atoms with E-state index in [9.17, 15) is 14.7 Å². The van der Waals surface area contributed by atoms with E-state index in [4.69, 9.17) is 4.74 Å². The molecule has 0 saturated heterocycles. The number of imidazole rings is 1. The third-order valence-corrected chi connectivity index (χ3v) is 5.25. The number of benzene rings is 2. The molecule has 170 valence electrons. The van der Waals surface area contributed by atoms with Crippen LogP contribution in [0.5, 0.6) is 11.5 Å². The molecule has 33 heavy (non-hydrogen) atoms. The summed E-state index contributed by atoms with van der Waals surface area (Å²) in [5, 5.41) is 18.4. The number of ether oxygens (including phenoxy) is 1. The molecule has 0 radical (unpaired) electrons. The van der Waals surface area contributed by atoms with E-state index in [1.165, 1.54) is 11.6 Å². The van der Waals surface area contributed by atoms with Gasteiger partial charge in [-0.2, -0.15) is 10.1 Å². The predicted molar refractivity (Wildman–Crippen MR) is 123 cm³/mol. The quantitative estimate of drug-likeness (QED) is 0.437. The monoisotopic (exact) mass is 448 g/mol. The maximum atomic E-state index is 12.9. The van der Waals surface area contributed by atoms with E-state index in [1.807, 2.05) is 37.3 Å². The Bertz CT molecular complexity index is 1450. The minimum atomic E-state index is -0.465. The molecule has 0 spiro atoms. The van der Waals surface area contributed by atoms with Crippen LogP contribution >= 0.6 is 0 Å². The molecular weight excluding hydrogens is 424 g/mol. The van der Waals surface area contributed by atoms with Crippen molar-refractivity contribution < 1.29 is 9.84 Å². The van der Waals surface area contributed by atoms with E-state index in [2.05, 4.69) is 15.2 Å². The van der Waals surface area contributed by atoms with Gasteiger partial charge >= 0.3 is 5.69 Å². The zero-order valence-corrected chi connectivity index (χ0v) is 18.6. The molecule has 4 rings (SSSR count). The number of phenols is 1. The van der Waals surface area contributed by atoms with E-state index < -0.39 is 11.2 Å². The van der Waals surface area contributed by atoms with Crippen LogP contribution in [0.4, 0.5) is 5.95 Å². The molecule has 2 aromatic heterocycles. The lowest BCUT2D eigenvalue weighted by molar-refractivity contribution is 0.318. The first-order valence-electron chi connectivity index (χ1n) is 10.4. The van der Waals surface area contributed by atoms with Crippen molar-refractivity contribution in [2.75, 3.05) is 6.61 Å². The lowest BCUT2D eigenvalue weighted by Gasteiger charge is -2.08. The van der Waals surface area contributed by atoms with Crippen molar-refractivity contribution in [3.63, 3.8) is 0 Å². The first-order chi connectivity index (χ1) is 15.9. The first kappa shape index (κ1) is 22.0. The molecule has 0 amide bonds. The Morgan fingerprint density at radius 3 is 2.52 bits per heavy atom. The van der Waals surface area contributed by atoms with Gasteiger partial charge in [0.05, 0.1) is 19.7 Å². The predicted octanol–water partition coefficient (Wildman–Crippen LogP) is 2.87. The minimum absolute atomic E-state index is 0.0546. The first-order valence-corrected chi connectivity index (χ1v) is 10.4. The number of aromatic hydroxyl groups is 1. The van der Waals surface area contributed by atoms with Gasteiger partial charge in [-0.25, -0.2) is 4.79 Å². The second kappa shape index (κ2) is 9.11. The second-order valence-corrected chi connectivity index (χ2v) is 7.50. The highest BCUT2D eigenvalue weighted by Gasteiger charge is 2.19. The Balaban J connectivity index is 1.76. The van der Waals surface area contributed by atoms with Crippen LogP contribution in [0, 0.1) is 0 Å². The van der Waals surface area contributed by atoms with Crippen molar-refractivity contribution in [3.8, 4) is 11.5 Å². The number of azo groups is 1. The van der Waals surface area contributed by atoms with Crippen LogP contribution in [-0.2, 0) is 27.2 Å². The molecule has 0 aliphatic carbocycles. The van der Waals surface area contributed by atoms with Gasteiger partial charge in [-0.1, -0.05) is 36.4 Å². The second-order valence-electron chi connectivity index (χ2n) is 7.50. The summed E-state index contributed by atoms with van der Waals surface area (Å²) in [6, 6.07) is 14.6. The molecule has 0 unspecified atom stereocenters. The van der Waals surface area contributed by atoms with Gasteiger partial charge in [0, 0.05) is 14.1 Å². The summed E-state index contributed by atoms with van der Waals surface area (Å²) < 4.78 is 9.45. The fraction of sp³-hybridized carbons (Fsp3) is 0.261. The zero-order chi connectivity index (χ0) is 23.5. The highest BCUT2D eigenvalue weighted by atomic mass is 16.5. The Labute approximate surface area is 189 Å². The standard InChI is InChI=1S/C23H24N6O4/c1-4-33-18-12-16(10-11-17(18)30)13-24-26-22-25-20-19(21(31)28(3)23(32)27(20)2)29(22)14-15-8-6-5-7-9-15/h5-12,30H,4,13-14H2,1-3H3. The van der Waals surface area contributed by atoms with Crippen molar-refractivity contribution in [2.45, 2.75) is 20.0 Å². The summed E-state index contributed by atoms with van der Waals surface area (Å²) in [4.78, 5) is 29.8. The molecule has 2 heterocycles. The maximum absolute atomic E-state index is 12.9. The van der Waals surface area contributed by atoms with Gasteiger partial charge in [-0.05, 0) is 30.2 Å². The number of fused-ring (bicyclic) bond motifs is 1. The van der Waals surface area contributed by atoms with Gasteiger partial charge in [-0.15, -0.1) is 5.11 Å². The fourth-order valence-electron chi connectivity index (χ4n) is 3.54. The molecule has 2 aromatic carbocycles. The topological polar surface area (TPSA) is 116 Å². The molecule has 10 nitrogen and oxygen atoms in total. The van der Waals surface area contributed by atoms with Crippen LogP contribution in [0.1, 0.15) is 18.1 Å². The van der Waals surface area contributed by atoms with Crippen LogP contribution in [0.3, 0.4) is 0 Å². The van der Waals surface area contributed by atoms with Crippen molar-refractivity contribution >= 4 is 17.1 Å². The van der Waals surface area contributed by atoms with Gasteiger partial charge in [0.2, 0.25) is 0 Å². The molecule has 0 bridgehead atoms. The van der Waals surface area contributed by atoms with Crippen LogP contribution in [0.15, 0.2) is 68.3 Å². The van der Waals surface area contributed by atoms with Crippen LogP contribution < -0.4 is 16.0 Å². The summed E-state index contributed by atoms with van der Waals surface area (Å²) >= 11 is 0. The third kappa shape index (κ3) is 4.27. The van der Waals surface area contributed by atoms with Gasteiger partial charge in [0.25, 0.3) is 11.5 Å². The molecule has 0 atom stereocenters. The number of rotatable bonds is 7. The Morgan fingerprint density at radius 1 is 1.03 bits per heavy atom. The van der Waals surface area contributed by atoms with Crippen LogP contribution in [0.2, 0.25) is 0 Å². The van der Waals surface area contributed by atoms with Crippen LogP contribution in [-0.4, -0.2) is 30.4 Å². The van der Waals surface area contributed by atoms with E-state index in [1.54, 1.807) is 29.8 Å². The largest absolute Gasteiger partial charge is 0.504 e. The smallest absolute Gasteiger partial charge is 0.332 e. The SMILES string of the molecule is CCOc1cc(CN=Nc2nc3c(c(=O)n(C)c(=O)n3C)n2Cc2ccccc2)ccc1O. The maximum Gasteiger partial charge on any atom is 0.332 e. The number of phenolic OH excluding ortho intramolecular Hbond substituents is 1. The number of hydrogen-bond donors (Lipinski definition) is 1. The van der Waals surface area contributed by atoms with Crippen molar-refractivity contribution in [3.05, 3.63) is 80.5 Å². The summed E-state index contributed by atoms with van der Waals surface area (Å²) in [7, 11) is 3.00. The number of nitrogens with zero attached hydrogens (tertiary/aromatic N) is 6. The molecule has 0 aliphatic rings. The average molecular weight is 448 g/mol. The summed E-state index contributed by atoms with van der Waals surface area (Å²) in [5.74, 6) is 0.648. The number of aryl methyl sites for hydroxylation is 1. The van der Waals surface area contributed by atoms with Crippen molar-refractivity contribution in [1.82, 2.24) is 18.7 Å². The molecule has 4 aromatic rings. The minimum Gasteiger partial charge on any atom is -0.504 e. The number of aromatic nitrogens is 4. The van der Waals surface area contributed by atoms with E-state index >= 15 is 0 Å². The van der Waals surface area contributed by atoms with Crippen LogP contribution in [0.25, 0.3) is 11.2 Å². The van der Waals surface area contributed by atoms with Crippen molar-refractivity contribution in [1.29, 1.82) is 0 Å².